The summed E-state index contributed by atoms with van der Waals surface area (Å²) in [5.41, 5.74) is 12.6. The zero-order valence-electron chi connectivity index (χ0n) is 36.9. The zero-order chi connectivity index (χ0) is 40.9. The first kappa shape index (κ1) is 36.9. The third kappa shape index (κ3) is 4.87. The summed E-state index contributed by atoms with van der Waals surface area (Å²) >= 11 is -3.65. The van der Waals surface area contributed by atoms with E-state index in [9.17, 15) is 0 Å². The number of hydrogen-bond acceptors (Lipinski definition) is 5. The van der Waals surface area contributed by atoms with Gasteiger partial charge in [-0.2, -0.15) is 0 Å². The molecule has 5 aromatic rings. The summed E-state index contributed by atoms with van der Waals surface area (Å²) in [4.78, 5) is 5.15. The van der Waals surface area contributed by atoms with Crippen LogP contribution >= 0.6 is 0 Å². The number of nitrogens with zero attached hydrogens (tertiary/aromatic N) is 2. The van der Waals surface area contributed by atoms with E-state index in [0.29, 0.717) is 0 Å². The van der Waals surface area contributed by atoms with Crippen molar-refractivity contribution in [2.75, 3.05) is 9.80 Å². The molecular weight excluding hydrogens is 761 g/mol. The fraction of sp³-hybridized carbons (Fsp3) is 0.412. The average Bonchev–Trinajstić information content (AvgIpc) is 3.08. The van der Waals surface area contributed by atoms with Crippen LogP contribution in [0.3, 0.4) is 0 Å². The van der Waals surface area contributed by atoms with E-state index in [4.69, 9.17) is 14.2 Å². The molecule has 57 heavy (non-hydrogen) atoms. The van der Waals surface area contributed by atoms with Gasteiger partial charge in [-0.05, 0) is 0 Å². The molecule has 0 fully saturated rings. The molecule has 5 aliphatic rings. The van der Waals surface area contributed by atoms with Crippen molar-refractivity contribution in [3.8, 4) is 34.5 Å². The molecular formula is C51H58GeN2O3. The van der Waals surface area contributed by atoms with Crippen molar-refractivity contribution in [2.45, 2.75) is 137 Å². The molecule has 5 nitrogen and oxygen atoms in total. The van der Waals surface area contributed by atoms with Crippen LogP contribution in [0.25, 0.3) is 0 Å². The molecule has 0 radical (unpaired) electrons. The molecule has 0 spiro atoms. The van der Waals surface area contributed by atoms with Gasteiger partial charge in [0.15, 0.2) is 0 Å². The van der Waals surface area contributed by atoms with Crippen LogP contribution in [0.4, 0.5) is 34.1 Å². The molecule has 0 N–H and O–H groups in total. The number of rotatable bonds is 0. The van der Waals surface area contributed by atoms with Crippen LogP contribution in [0, 0.1) is 0 Å². The summed E-state index contributed by atoms with van der Waals surface area (Å²) in [6.45, 7) is 34.5. The molecule has 0 saturated heterocycles. The number of benzene rings is 5. The van der Waals surface area contributed by atoms with Crippen LogP contribution in [0.15, 0.2) is 60.7 Å². The van der Waals surface area contributed by atoms with Gasteiger partial charge in [0.25, 0.3) is 0 Å². The molecule has 6 heteroatoms. The van der Waals surface area contributed by atoms with E-state index in [-0.39, 0.29) is 27.1 Å². The molecule has 5 heterocycles. The van der Waals surface area contributed by atoms with Crippen LogP contribution in [0.2, 0.25) is 5.76 Å². The van der Waals surface area contributed by atoms with Crippen LogP contribution in [0.1, 0.15) is 132 Å². The normalized spacial score (nSPS) is 16.6. The molecule has 5 aromatic carbocycles. The van der Waals surface area contributed by atoms with Crippen LogP contribution in [-0.2, 0) is 27.1 Å². The minimum absolute atomic E-state index is 0.0311. The fourth-order valence-corrected chi connectivity index (χ4v) is 20.0. The summed E-state index contributed by atoms with van der Waals surface area (Å²) in [7, 11) is 0. The fourth-order valence-electron chi connectivity index (χ4n) is 9.99. The number of hydrogen-bond donors (Lipinski definition) is 0. The van der Waals surface area contributed by atoms with Crippen LogP contribution in [-0.4, -0.2) is 13.3 Å². The van der Waals surface area contributed by atoms with Gasteiger partial charge in [0.05, 0.1) is 0 Å². The summed E-state index contributed by atoms with van der Waals surface area (Å²) in [6, 6.07) is 23.5. The molecule has 0 amide bonds. The van der Waals surface area contributed by atoms with Crippen molar-refractivity contribution in [2.24, 2.45) is 0 Å². The Morgan fingerprint density at radius 2 is 0.772 bits per heavy atom. The third-order valence-electron chi connectivity index (χ3n) is 13.2. The van der Waals surface area contributed by atoms with E-state index in [0.717, 1.165) is 57.0 Å². The standard InChI is InChI=1S/C51H58GeN2O3/c1-47(2,3)27-17-19-32-36(23-27)56-45-30(50(10,11)12)25-38-41-43(45)53(32)34-21-29(49(7,8)9)22-35-40(34)52(41,16)42-39(55-38)26-31(51(13,14)15)46-44(42)54(35)33-20-18-28(48(4,5)6)24-37(33)57-46/h17-26H,1-16H3. The summed E-state index contributed by atoms with van der Waals surface area (Å²) < 4.78 is 26.2. The van der Waals surface area contributed by atoms with Gasteiger partial charge in [-0.25, -0.2) is 0 Å². The van der Waals surface area contributed by atoms with Crippen LogP contribution < -0.4 is 37.2 Å². The van der Waals surface area contributed by atoms with E-state index in [1.165, 1.54) is 52.6 Å². The van der Waals surface area contributed by atoms with Gasteiger partial charge >= 0.3 is 344 Å². The van der Waals surface area contributed by atoms with Gasteiger partial charge in [0.2, 0.25) is 0 Å². The Morgan fingerprint density at radius 1 is 0.386 bits per heavy atom. The zero-order valence-corrected chi connectivity index (χ0v) is 39.0. The molecule has 0 aromatic heterocycles. The summed E-state index contributed by atoms with van der Waals surface area (Å²) in [6.07, 6.45) is 0. The van der Waals surface area contributed by atoms with Crippen molar-refractivity contribution >= 4 is 60.6 Å². The first-order valence-electron chi connectivity index (χ1n) is 20.9. The molecule has 0 unspecified atom stereocenters. The average molecular weight is 820 g/mol. The Labute approximate surface area is 342 Å². The maximum absolute atomic E-state index is 7.39. The van der Waals surface area contributed by atoms with E-state index >= 15 is 0 Å². The first-order chi connectivity index (χ1) is 26.3. The summed E-state index contributed by atoms with van der Waals surface area (Å²) in [5.74, 6) is 8.32. The molecule has 0 aliphatic carbocycles. The van der Waals surface area contributed by atoms with Crippen molar-refractivity contribution < 1.29 is 14.2 Å². The predicted molar refractivity (Wildman–Crippen MR) is 240 cm³/mol. The number of anilines is 6. The molecule has 10 rings (SSSR count). The topological polar surface area (TPSA) is 34.2 Å². The Hall–Kier alpha value is -4.36. The first-order valence-corrected chi connectivity index (χ1v) is 26.1. The predicted octanol–water partition coefficient (Wildman–Crippen LogP) is 13.2. The SMILES string of the molecule is CC(C)(C)c1ccc2c(c1)Oc1c(C(C)(C)C)cc3[c]4c1N2c1cc(C(C)(C)C)cc2[c]1[Ge]4([CH3])[c]1c(cc(C(C)(C)C)c4c1N2c1ccc(C(C)(C)C)cc1O4)O3. The Balaban J connectivity index is 1.40. The molecule has 0 saturated carbocycles. The van der Waals surface area contributed by atoms with Crippen LogP contribution in [0.5, 0.6) is 34.5 Å². The second-order valence-corrected chi connectivity index (χ2v) is 30.4. The molecule has 294 valence electrons. The Bertz CT molecular complexity index is 2480. The monoisotopic (exact) mass is 820 g/mol. The molecule has 0 atom stereocenters. The van der Waals surface area contributed by atoms with Gasteiger partial charge in [-0.3, -0.25) is 0 Å². The minimum atomic E-state index is -3.65. The number of ether oxygens (including phenoxy) is 3. The van der Waals surface area contributed by atoms with Gasteiger partial charge < -0.3 is 0 Å². The van der Waals surface area contributed by atoms with Crippen molar-refractivity contribution in [3.63, 3.8) is 0 Å². The quantitative estimate of drug-likeness (QED) is 0.142. The van der Waals surface area contributed by atoms with E-state index < -0.39 is 13.3 Å². The molecule has 5 aliphatic heterocycles. The van der Waals surface area contributed by atoms with E-state index in [2.05, 4.69) is 180 Å². The van der Waals surface area contributed by atoms with Gasteiger partial charge in [-0.1, -0.05) is 0 Å². The van der Waals surface area contributed by atoms with E-state index in [1.54, 1.807) is 0 Å². The maximum atomic E-state index is 7.39. The van der Waals surface area contributed by atoms with Crippen molar-refractivity contribution in [1.82, 2.24) is 0 Å². The van der Waals surface area contributed by atoms with Gasteiger partial charge in [0.1, 0.15) is 0 Å². The number of fused-ring (bicyclic) bond motifs is 6. The molecule has 0 bridgehead atoms. The second kappa shape index (κ2) is 10.8. The van der Waals surface area contributed by atoms with E-state index in [1.807, 2.05) is 0 Å². The Morgan fingerprint density at radius 3 is 1.12 bits per heavy atom. The van der Waals surface area contributed by atoms with Crippen molar-refractivity contribution in [1.29, 1.82) is 0 Å². The Kier molecular flexibility index (Phi) is 7.01. The van der Waals surface area contributed by atoms with Gasteiger partial charge in [-0.15, -0.1) is 0 Å². The van der Waals surface area contributed by atoms with Crippen molar-refractivity contribution in [3.05, 3.63) is 88.5 Å². The second-order valence-electron chi connectivity index (χ2n) is 22.6. The van der Waals surface area contributed by atoms with Gasteiger partial charge in [0, 0.05) is 0 Å². The third-order valence-corrected chi connectivity index (χ3v) is 22.6. The summed E-state index contributed by atoms with van der Waals surface area (Å²) in [5, 5.41) is 0.